The van der Waals surface area contributed by atoms with Gasteiger partial charge in [-0.1, -0.05) is 26.8 Å². The van der Waals surface area contributed by atoms with Crippen LogP contribution in [-0.2, 0) is 18.3 Å². The molecular formula is C21H30N4O. The Morgan fingerprint density at radius 1 is 1.23 bits per heavy atom. The molecule has 1 aliphatic heterocycles. The molecule has 0 saturated carbocycles. The number of piperidine rings is 1. The van der Waals surface area contributed by atoms with Crippen LogP contribution in [0.25, 0.3) is 11.4 Å². The monoisotopic (exact) mass is 354 g/mol. The third-order valence-corrected chi connectivity index (χ3v) is 5.28. The summed E-state index contributed by atoms with van der Waals surface area (Å²) in [6.07, 6.45) is 7.09. The van der Waals surface area contributed by atoms with Crippen molar-refractivity contribution < 1.29 is 4.79 Å². The molecule has 0 aromatic carbocycles. The Kier molecular flexibility index (Phi) is 5.17. The summed E-state index contributed by atoms with van der Waals surface area (Å²) in [5, 5.41) is 0. The molecule has 1 saturated heterocycles. The molecule has 1 aliphatic rings. The molecule has 2 aromatic rings. The van der Waals surface area contributed by atoms with Gasteiger partial charge in [0.25, 0.3) is 0 Å². The van der Waals surface area contributed by atoms with Crippen LogP contribution in [0.1, 0.15) is 45.0 Å². The van der Waals surface area contributed by atoms with Crippen LogP contribution in [0, 0.1) is 18.3 Å². The molecular weight excluding hydrogens is 324 g/mol. The summed E-state index contributed by atoms with van der Waals surface area (Å²) in [4.78, 5) is 23.6. The van der Waals surface area contributed by atoms with Crippen molar-refractivity contribution in [2.45, 2.75) is 47.0 Å². The lowest BCUT2D eigenvalue weighted by Crippen LogP contribution is -2.45. The van der Waals surface area contributed by atoms with Crippen LogP contribution in [0.2, 0.25) is 0 Å². The van der Waals surface area contributed by atoms with Crippen molar-refractivity contribution in [3.8, 4) is 11.4 Å². The van der Waals surface area contributed by atoms with Gasteiger partial charge in [0, 0.05) is 31.7 Å². The summed E-state index contributed by atoms with van der Waals surface area (Å²) in [5.41, 5.74) is 2.92. The second-order valence-electron chi connectivity index (χ2n) is 8.51. The summed E-state index contributed by atoms with van der Waals surface area (Å²) < 4.78 is 2.05. The molecule has 0 N–H and O–H groups in total. The third kappa shape index (κ3) is 3.97. The number of carbonyl (C=O) groups is 1. The van der Waals surface area contributed by atoms with Crippen LogP contribution >= 0.6 is 0 Å². The van der Waals surface area contributed by atoms with E-state index in [2.05, 4.69) is 26.7 Å². The summed E-state index contributed by atoms with van der Waals surface area (Å²) >= 11 is 0. The standard InChI is InChI=1S/C21H30N4O/c1-15-22-13-19(24(15)5)18-9-8-16(12-23-18)11-17-7-6-10-25(14-17)20(26)21(2,3)4/h8-9,12-13,17H,6-7,10-11,14H2,1-5H3. The number of likely N-dealkylation sites (tertiary alicyclic amines) is 1. The van der Waals surface area contributed by atoms with Gasteiger partial charge < -0.3 is 9.47 Å². The van der Waals surface area contributed by atoms with Gasteiger partial charge in [-0.3, -0.25) is 9.78 Å². The van der Waals surface area contributed by atoms with Gasteiger partial charge in [-0.25, -0.2) is 4.98 Å². The fourth-order valence-corrected chi connectivity index (χ4v) is 3.66. The zero-order valence-electron chi connectivity index (χ0n) is 16.6. The number of amides is 1. The first-order chi connectivity index (χ1) is 12.3. The van der Waals surface area contributed by atoms with Gasteiger partial charge in [0.15, 0.2) is 0 Å². The van der Waals surface area contributed by atoms with Crippen LogP contribution in [0.4, 0.5) is 0 Å². The van der Waals surface area contributed by atoms with Gasteiger partial charge in [-0.2, -0.15) is 0 Å². The van der Waals surface area contributed by atoms with Gasteiger partial charge in [0.2, 0.25) is 5.91 Å². The van der Waals surface area contributed by atoms with Crippen molar-refractivity contribution in [2.24, 2.45) is 18.4 Å². The van der Waals surface area contributed by atoms with Crippen LogP contribution in [0.3, 0.4) is 0 Å². The summed E-state index contributed by atoms with van der Waals surface area (Å²) in [7, 11) is 2.01. The molecule has 140 valence electrons. The highest BCUT2D eigenvalue weighted by atomic mass is 16.2. The first kappa shape index (κ1) is 18.6. The summed E-state index contributed by atoms with van der Waals surface area (Å²) in [6, 6.07) is 4.24. The van der Waals surface area contributed by atoms with E-state index in [0.717, 1.165) is 43.1 Å². The van der Waals surface area contributed by atoms with Gasteiger partial charge in [0.1, 0.15) is 5.82 Å². The lowest BCUT2D eigenvalue weighted by Gasteiger charge is -2.36. The Morgan fingerprint density at radius 3 is 2.58 bits per heavy atom. The highest BCUT2D eigenvalue weighted by Crippen LogP contribution is 2.26. The first-order valence-corrected chi connectivity index (χ1v) is 9.48. The molecule has 5 nitrogen and oxygen atoms in total. The van der Waals surface area contributed by atoms with E-state index in [-0.39, 0.29) is 11.3 Å². The molecule has 0 bridgehead atoms. The predicted molar refractivity (Wildman–Crippen MR) is 104 cm³/mol. The van der Waals surface area contributed by atoms with Gasteiger partial charge in [0.05, 0.1) is 17.6 Å². The Morgan fingerprint density at radius 2 is 2.00 bits per heavy atom. The number of imidazole rings is 1. The third-order valence-electron chi connectivity index (χ3n) is 5.28. The molecule has 1 amide bonds. The quantitative estimate of drug-likeness (QED) is 0.846. The largest absolute Gasteiger partial charge is 0.342 e. The molecule has 26 heavy (non-hydrogen) atoms. The van der Waals surface area contributed by atoms with Crippen molar-refractivity contribution in [3.05, 3.63) is 35.9 Å². The lowest BCUT2D eigenvalue weighted by molar-refractivity contribution is -0.141. The average Bonchev–Trinajstić information content (AvgIpc) is 2.94. The van der Waals surface area contributed by atoms with Gasteiger partial charge in [-0.05, 0) is 43.7 Å². The van der Waals surface area contributed by atoms with Crippen molar-refractivity contribution in [3.63, 3.8) is 0 Å². The number of hydrogen-bond donors (Lipinski definition) is 0. The van der Waals surface area contributed by atoms with E-state index in [1.807, 2.05) is 52.0 Å². The first-order valence-electron chi connectivity index (χ1n) is 9.48. The van der Waals surface area contributed by atoms with E-state index in [1.54, 1.807) is 0 Å². The topological polar surface area (TPSA) is 51.0 Å². The predicted octanol–water partition coefficient (Wildman–Crippen LogP) is 3.62. The molecule has 2 aromatic heterocycles. The Hall–Kier alpha value is -2.17. The van der Waals surface area contributed by atoms with Crippen molar-refractivity contribution >= 4 is 5.91 Å². The number of nitrogens with zero attached hydrogens (tertiary/aromatic N) is 4. The Bertz CT molecular complexity index is 770. The van der Waals surface area contributed by atoms with E-state index in [9.17, 15) is 4.79 Å². The van der Waals surface area contributed by atoms with Gasteiger partial charge >= 0.3 is 0 Å². The molecule has 5 heteroatoms. The normalized spacial score (nSPS) is 18.2. The van der Waals surface area contributed by atoms with Crippen LogP contribution < -0.4 is 0 Å². The lowest BCUT2D eigenvalue weighted by atomic mass is 9.88. The van der Waals surface area contributed by atoms with E-state index >= 15 is 0 Å². The molecule has 3 heterocycles. The van der Waals surface area contributed by atoms with Crippen molar-refractivity contribution in [1.29, 1.82) is 0 Å². The van der Waals surface area contributed by atoms with E-state index in [1.165, 1.54) is 12.0 Å². The van der Waals surface area contributed by atoms with E-state index in [0.29, 0.717) is 5.92 Å². The summed E-state index contributed by atoms with van der Waals surface area (Å²) in [6.45, 7) is 9.75. The zero-order chi connectivity index (χ0) is 18.9. The smallest absolute Gasteiger partial charge is 0.227 e. The maximum Gasteiger partial charge on any atom is 0.227 e. The fourth-order valence-electron chi connectivity index (χ4n) is 3.66. The molecule has 0 spiro atoms. The Balaban J connectivity index is 1.65. The van der Waals surface area contributed by atoms with E-state index in [4.69, 9.17) is 0 Å². The number of aryl methyl sites for hydroxylation is 1. The minimum absolute atomic E-state index is 0.266. The minimum atomic E-state index is -0.299. The highest BCUT2D eigenvalue weighted by molar-refractivity contribution is 5.81. The fraction of sp³-hybridized carbons (Fsp3) is 0.571. The second-order valence-corrected chi connectivity index (χ2v) is 8.51. The number of rotatable bonds is 3. The highest BCUT2D eigenvalue weighted by Gasteiger charge is 2.30. The molecule has 0 radical (unpaired) electrons. The maximum absolute atomic E-state index is 12.6. The molecule has 1 fully saturated rings. The molecule has 3 rings (SSSR count). The van der Waals surface area contributed by atoms with Crippen molar-refractivity contribution in [1.82, 2.24) is 19.4 Å². The van der Waals surface area contributed by atoms with Crippen molar-refractivity contribution in [2.75, 3.05) is 13.1 Å². The number of carbonyl (C=O) groups excluding carboxylic acids is 1. The van der Waals surface area contributed by atoms with Crippen LogP contribution in [0.5, 0.6) is 0 Å². The van der Waals surface area contributed by atoms with E-state index < -0.39 is 0 Å². The second kappa shape index (κ2) is 7.22. The zero-order valence-corrected chi connectivity index (χ0v) is 16.6. The number of aromatic nitrogens is 3. The number of pyridine rings is 1. The molecule has 1 unspecified atom stereocenters. The number of hydrogen-bond acceptors (Lipinski definition) is 3. The van der Waals surface area contributed by atoms with Crippen LogP contribution in [-0.4, -0.2) is 38.4 Å². The molecule has 0 aliphatic carbocycles. The SMILES string of the molecule is Cc1ncc(-c2ccc(CC3CCCN(C(=O)C(C)(C)C)C3)cn2)n1C. The summed E-state index contributed by atoms with van der Waals surface area (Å²) in [5.74, 6) is 1.76. The molecule has 1 atom stereocenters. The Labute approximate surface area is 156 Å². The average molecular weight is 354 g/mol. The van der Waals surface area contributed by atoms with Crippen LogP contribution in [0.15, 0.2) is 24.5 Å². The maximum atomic E-state index is 12.6. The van der Waals surface area contributed by atoms with Gasteiger partial charge in [-0.15, -0.1) is 0 Å². The minimum Gasteiger partial charge on any atom is -0.342 e.